The van der Waals surface area contributed by atoms with E-state index in [4.69, 9.17) is 4.74 Å². The molecule has 1 aromatic heterocycles. The maximum Gasteiger partial charge on any atom is 0.296 e. The summed E-state index contributed by atoms with van der Waals surface area (Å²) in [6.07, 6.45) is 0. The van der Waals surface area contributed by atoms with E-state index in [0.717, 1.165) is 28.7 Å². The van der Waals surface area contributed by atoms with Gasteiger partial charge in [0, 0.05) is 5.56 Å². The molecule has 0 fully saturated rings. The second kappa shape index (κ2) is 10.00. The molecule has 3 rings (SSSR count). The van der Waals surface area contributed by atoms with Crippen LogP contribution in [0.1, 0.15) is 15.9 Å². The van der Waals surface area contributed by atoms with Gasteiger partial charge in [0.1, 0.15) is 11.4 Å². The molecular weight excluding hydrogens is 442 g/mol. The molecule has 0 aliphatic rings. The number of hydrogen-bond donors (Lipinski definition) is 2. The van der Waals surface area contributed by atoms with Crippen molar-refractivity contribution in [3.05, 3.63) is 63.7 Å². The number of amides is 2. The summed E-state index contributed by atoms with van der Waals surface area (Å²) in [4.78, 5) is 35.1. The van der Waals surface area contributed by atoms with Gasteiger partial charge in [0.15, 0.2) is 4.34 Å². The summed E-state index contributed by atoms with van der Waals surface area (Å²) in [6, 6.07) is 11.3. The fraction of sp³-hybridized carbons (Fsp3) is 0.158. The number of rotatable bonds is 8. The van der Waals surface area contributed by atoms with Gasteiger partial charge in [0.2, 0.25) is 11.0 Å². The largest absolute Gasteiger partial charge is 0.496 e. The monoisotopic (exact) mass is 459 g/mol. The first kappa shape index (κ1) is 22.2. The lowest BCUT2D eigenvalue weighted by atomic mass is 10.1. The van der Waals surface area contributed by atoms with Crippen molar-refractivity contribution in [2.45, 2.75) is 11.3 Å². The Bertz CT molecular complexity index is 1130. The average molecular weight is 460 g/mol. The van der Waals surface area contributed by atoms with Crippen LogP contribution in [0.5, 0.6) is 5.75 Å². The molecule has 2 amide bonds. The zero-order valence-electron chi connectivity index (χ0n) is 16.4. The van der Waals surface area contributed by atoms with Gasteiger partial charge < -0.3 is 10.1 Å². The number of aromatic nitrogens is 2. The number of thioether (sulfide) groups is 1. The molecule has 0 atom stereocenters. The molecule has 31 heavy (non-hydrogen) atoms. The number of benzene rings is 2. The Balaban J connectivity index is 1.56. The first-order valence-corrected chi connectivity index (χ1v) is 10.6. The normalized spacial score (nSPS) is 10.4. The number of nitrogens with zero attached hydrogens (tertiary/aromatic N) is 3. The van der Waals surface area contributed by atoms with Crippen LogP contribution < -0.4 is 15.4 Å². The van der Waals surface area contributed by atoms with Gasteiger partial charge in [-0.05, 0) is 31.2 Å². The van der Waals surface area contributed by atoms with Gasteiger partial charge in [-0.25, -0.2) is 0 Å². The van der Waals surface area contributed by atoms with Gasteiger partial charge in [0.05, 0.1) is 23.9 Å². The minimum atomic E-state index is -0.598. The van der Waals surface area contributed by atoms with E-state index in [1.807, 2.05) is 13.0 Å². The Morgan fingerprint density at radius 1 is 1.19 bits per heavy atom. The average Bonchev–Trinajstić information content (AvgIpc) is 3.19. The Morgan fingerprint density at radius 3 is 2.71 bits per heavy atom. The third kappa shape index (κ3) is 5.99. The number of nitro benzene ring substituents is 1. The molecule has 3 aromatic rings. The molecule has 2 aromatic carbocycles. The van der Waals surface area contributed by atoms with E-state index in [1.165, 1.54) is 25.3 Å². The minimum Gasteiger partial charge on any atom is -0.496 e. The summed E-state index contributed by atoms with van der Waals surface area (Å²) >= 11 is 2.23. The second-order valence-electron chi connectivity index (χ2n) is 6.17. The molecule has 10 nitrogen and oxygen atoms in total. The van der Waals surface area contributed by atoms with Crippen LogP contribution in [-0.4, -0.2) is 39.8 Å². The maximum absolute atomic E-state index is 12.3. The van der Waals surface area contributed by atoms with Crippen molar-refractivity contribution in [3.63, 3.8) is 0 Å². The highest BCUT2D eigenvalue weighted by atomic mass is 32.2. The third-order valence-electron chi connectivity index (χ3n) is 3.91. The molecule has 0 unspecified atom stereocenters. The van der Waals surface area contributed by atoms with Gasteiger partial charge in [-0.1, -0.05) is 40.8 Å². The molecule has 0 saturated carbocycles. The van der Waals surface area contributed by atoms with Crippen LogP contribution in [0, 0.1) is 17.0 Å². The van der Waals surface area contributed by atoms with E-state index in [1.54, 1.807) is 18.2 Å². The number of methoxy groups -OCH3 is 1. The summed E-state index contributed by atoms with van der Waals surface area (Å²) < 4.78 is 5.44. The van der Waals surface area contributed by atoms with E-state index in [-0.39, 0.29) is 23.0 Å². The van der Waals surface area contributed by atoms with Crippen LogP contribution in [0.3, 0.4) is 0 Å². The smallest absolute Gasteiger partial charge is 0.296 e. The van der Waals surface area contributed by atoms with Crippen molar-refractivity contribution >= 4 is 51.4 Å². The number of aryl methyl sites for hydroxylation is 1. The fourth-order valence-electron chi connectivity index (χ4n) is 2.48. The van der Waals surface area contributed by atoms with Gasteiger partial charge in [0.25, 0.3) is 11.6 Å². The summed E-state index contributed by atoms with van der Waals surface area (Å²) in [5.41, 5.74) is 1.27. The summed E-state index contributed by atoms with van der Waals surface area (Å²) in [7, 11) is 1.40. The molecular formula is C19H17N5O5S2. The third-order valence-corrected chi connectivity index (χ3v) is 5.88. The van der Waals surface area contributed by atoms with Crippen molar-refractivity contribution in [2.75, 3.05) is 23.5 Å². The van der Waals surface area contributed by atoms with Crippen LogP contribution in [0.15, 0.2) is 46.8 Å². The van der Waals surface area contributed by atoms with E-state index >= 15 is 0 Å². The molecule has 0 aliphatic heterocycles. The number of nitro groups is 1. The van der Waals surface area contributed by atoms with Crippen LogP contribution in [0.2, 0.25) is 0 Å². The second-order valence-corrected chi connectivity index (χ2v) is 8.37. The Kier molecular flexibility index (Phi) is 7.15. The van der Waals surface area contributed by atoms with Crippen LogP contribution in [0.25, 0.3) is 0 Å². The lowest BCUT2D eigenvalue weighted by Gasteiger charge is -2.07. The fourth-order valence-corrected chi connectivity index (χ4v) is 4.03. The van der Waals surface area contributed by atoms with E-state index in [2.05, 4.69) is 20.8 Å². The zero-order chi connectivity index (χ0) is 22.4. The number of hydrogen-bond acceptors (Lipinski definition) is 9. The molecule has 0 saturated heterocycles. The molecule has 1 heterocycles. The maximum atomic E-state index is 12.3. The van der Waals surface area contributed by atoms with Crippen LogP contribution >= 0.6 is 23.1 Å². The van der Waals surface area contributed by atoms with Crippen molar-refractivity contribution in [1.29, 1.82) is 0 Å². The van der Waals surface area contributed by atoms with Gasteiger partial charge in [-0.2, -0.15) is 0 Å². The van der Waals surface area contributed by atoms with Crippen molar-refractivity contribution in [1.82, 2.24) is 10.2 Å². The predicted octanol–water partition coefficient (Wildman–Crippen LogP) is 3.75. The summed E-state index contributed by atoms with van der Waals surface area (Å²) in [5.74, 6) is -0.475. The first-order chi connectivity index (χ1) is 14.9. The quantitative estimate of drug-likeness (QED) is 0.225. The molecule has 0 bridgehead atoms. The van der Waals surface area contributed by atoms with Crippen molar-refractivity contribution < 1.29 is 19.2 Å². The van der Waals surface area contributed by atoms with Crippen LogP contribution in [0.4, 0.5) is 16.5 Å². The molecule has 12 heteroatoms. The molecule has 0 spiro atoms. The topological polar surface area (TPSA) is 136 Å². The summed E-state index contributed by atoms with van der Waals surface area (Å²) in [6.45, 7) is 1.89. The van der Waals surface area contributed by atoms with E-state index in [9.17, 15) is 19.7 Å². The lowest BCUT2D eigenvalue weighted by molar-refractivity contribution is -0.384. The number of nitrogens with one attached hydrogen (secondary N) is 2. The van der Waals surface area contributed by atoms with Crippen molar-refractivity contribution in [2.24, 2.45) is 0 Å². The highest BCUT2D eigenvalue weighted by Gasteiger charge is 2.18. The number of ether oxygens (including phenoxy) is 1. The Morgan fingerprint density at radius 2 is 2.00 bits per heavy atom. The molecule has 2 N–H and O–H groups in total. The number of anilines is 2. The van der Waals surface area contributed by atoms with Gasteiger partial charge in [-0.3, -0.25) is 25.0 Å². The Labute approximate surface area is 185 Å². The van der Waals surface area contributed by atoms with Crippen LogP contribution in [-0.2, 0) is 4.79 Å². The van der Waals surface area contributed by atoms with E-state index in [0.29, 0.717) is 20.8 Å². The Hall–Kier alpha value is -3.51. The zero-order valence-corrected chi connectivity index (χ0v) is 18.1. The highest BCUT2D eigenvalue weighted by Crippen LogP contribution is 2.30. The highest BCUT2D eigenvalue weighted by molar-refractivity contribution is 8.01. The van der Waals surface area contributed by atoms with Gasteiger partial charge in [-0.15, -0.1) is 10.2 Å². The first-order valence-electron chi connectivity index (χ1n) is 8.82. The van der Waals surface area contributed by atoms with E-state index < -0.39 is 10.8 Å². The SMILES string of the molecule is COc1ccc(NC(=O)CSc2nnc(NC(=O)c3cccc(C)c3)s2)c([N+](=O)[O-])c1. The standard InChI is InChI=1S/C19H17N5O5S2/c1-11-4-3-5-12(8-11)17(26)21-18-22-23-19(31-18)30-10-16(25)20-14-7-6-13(29-2)9-15(14)24(27)28/h3-9H,10H2,1-2H3,(H,20,25)(H,21,22,26). The van der Waals surface area contributed by atoms with Crippen molar-refractivity contribution in [3.8, 4) is 5.75 Å². The molecule has 160 valence electrons. The minimum absolute atomic E-state index is 0.0381. The molecule has 0 aliphatic carbocycles. The molecule has 0 radical (unpaired) electrons. The van der Waals surface area contributed by atoms with Gasteiger partial charge >= 0.3 is 0 Å². The number of carbonyl (C=O) groups is 2. The predicted molar refractivity (Wildman–Crippen MR) is 118 cm³/mol. The summed E-state index contributed by atoms with van der Waals surface area (Å²) in [5, 5.41) is 24.5. The number of carbonyl (C=O) groups excluding carboxylic acids is 2. The lowest BCUT2D eigenvalue weighted by Crippen LogP contribution is -2.15.